The van der Waals surface area contributed by atoms with Gasteiger partial charge in [0.1, 0.15) is 22.7 Å². The largest absolute Gasteiger partial charge is 0.444 e. The van der Waals surface area contributed by atoms with Crippen molar-refractivity contribution in [2.45, 2.75) is 103 Å². The number of rotatable bonds is 5. The number of carbonyl (C=O) groups is 4. The van der Waals surface area contributed by atoms with E-state index in [-0.39, 0.29) is 47.1 Å². The molecule has 0 radical (unpaired) electrons. The summed E-state index contributed by atoms with van der Waals surface area (Å²) < 4.78 is 25.1. The maximum absolute atomic E-state index is 12.0. The zero-order valence-electron chi connectivity index (χ0n) is 33.8. The summed E-state index contributed by atoms with van der Waals surface area (Å²) in [5.41, 5.74) is 3.67. The van der Waals surface area contributed by atoms with Gasteiger partial charge in [0, 0.05) is 87.3 Å². The summed E-state index contributed by atoms with van der Waals surface area (Å²) >= 11 is 4.92. The Morgan fingerprint density at radius 1 is 0.707 bits per heavy atom. The van der Waals surface area contributed by atoms with Crippen molar-refractivity contribution in [3.05, 3.63) is 68.8 Å². The minimum absolute atomic E-state index is 0.0747. The van der Waals surface area contributed by atoms with Crippen molar-refractivity contribution in [2.24, 2.45) is 5.73 Å². The van der Waals surface area contributed by atoms with Crippen LogP contribution in [0.4, 0.5) is 30.6 Å². The topological polar surface area (TPSA) is 245 Å². The van der Waals surface area contributed by atoms with E-state index in [9.17, 15) is 39.4 Å². The molecule has 5 rings (SSSR count). The van der Waals surface area contributed by atoms with Gasteiger partial charge < -0.3 is 44.5 Å². The lowest BCUT2D eigenvalue weighted by Crippen LogP contribution is -2.48. The van der Waals surface area contributed by atoms with Crippen LogP contribution < -0.4 is 20.5 Å². The van der Waals surface area contributed by atoms with Crippen LogP contribution in [0.15, 0.2) is 48.5 Å². The third-order valence-electron chi connectivity index (χ3n) is 7.99. The molecule has 0 aliphatic carbocycles. The molecule has 3 aliphatic rings. The van der Waals surface area contributed by atoms with Crippen molar-refractivity contribution < 1.29 is 52.7 Å². The quantitative estimate of drug-likeness (QED) is 0.168. The van der Waals surface area contributed by atoms with Gasteiger partial charge in [-0.3, -0.25) is 20.2 Å². The van der Waals surface area contributed by atoms with Crippen LogP contribution in [0.2, 0.25) is 0 Å². The molecule has 0 spiro atoms. The van der Waals surface area contributed by atoms with Gasteiger partial charge in [-0.05, 0) is 104 Å². The average Bonchev–Trinajstić information content (AvgIpc) is 3.72. The molecule has 3 aliphatic heterocycles. The molecule has 3 N–H and O–H groups in total. The second-order valence-corrected chi connectivity index (χ2v) is 15.6. The zero-order chi connectivity index (χ0) is 43.5. The fourth-order valence-corrected chi connectivity index (χ4v) is 5.21. The number of ether oxygens (including phenoxy) is 5. The third kappa shape index (κ3) is 20.8. The molecular weight excluding hydrogens is 784 g/mol. The zero-order valence-corrected chi connectivity index (χ0v) is 34.6. The Hall–Kier alpha value is -5.27. The van der Waals surface area contributed by atoms with Crippen molar-refractivity contribution in [1.29, 1.82) is 0 Å². The highest BCUT2D eigenvalue weighted by atomic mass is 35.5. The first kappa shape index (κ1) is 48.9. The number of benzene rings is 2. The van der Waals surface area contributed by atoms with Crippen molar-refractivity contribution >= 4 is 46.7 Å². The lowest BCUT2D eigenvalue weighted by Gasteiger charge is -2.33. The highest BCUT2D eigenvalue weighted by Gasteiger charge is 2.28. The number of hydrogen-bond acceptors (Lipinski definition) is 14. The maximum Gasteiger partial charge on any atom is 0.412 e. The first-order valence-electron chi connectivity index (χ1n) is 18.8. The van der Waals surface area contributed by atoms with Gasteiger partial charge >= 0.3 is 23.7 Å². The molecule has 0 bridgehead atoms. The second kappa shape index (κ2) is 23.8. The molecule has 0 saturated carbocycles. The Balaban J connectivity index is 0.000000304. The number of non-ortho nitro benzene ring substituents is 2. The first-order chi connectivity index (χ1) is 27.1. The number of hydrogen-bond donors (Lipinski definition) is 2. The molecule has 2 aromatic rings. The van der Waals surface area contributed by atoms with Crippen LogP contribution in [0, 0.1) is 20.2 Å². The molecule has 19 nitrogen and oxygen atoms in total. The number of piperidine rings is 2. The minimum Gasteiger partial charge on any atom is -0.444 e. The average molecular weight is 839 g/mol. The van der Waals surface area contributed by atoms with Gasteiger partial charge in [0.2, 0.25) is 0 Å². The van der Waals surface area contributed by atoms with E-state index >= 15 is 0 Å². The van der Waals surface area contributed by atoms with E-state index in [2.05, 4.69) is 10.1 Å². The predicted octanol–water partition coefficient (Wildman–Crippen LogP) is 7.56. The molecule has 3 fully saturated rings. The summed E-state index contributed by atoms with van der Waals surface area (Å²) in [7, 11) is 0. The Labute approximate surface area is 342 Å². The van der Waals surface area contributed by atoms with E-state index in [0.29, 0.717) is 25.9 Å². The SMILES string of the molecule is C1CCOC1.CC(C)(C)OC(=O)N1CCC(N)CC1.CC(C)(C)OC(=O)N1CCC(NC(=O)Oc2ccc([N+](=O)[O-])cc2)CC1.O=C(Cl)Oc1ccc([N+](=O)[O-])cc1. The maximum atomic E-state index is 12.0. The number of nitrogens with one attached hydrogen (secondary N) is 1. The van der Waals surface area contributed by atoms with Crippen LogP contribution in [0.25, 0.3) is 0 Å². The van der Waals surface area contributed by atoms with Crippen molar-refractivity contribution in [2.75, 3.05) is 39.4 Å². The summed E-state index contributed by atoms with van der Waals surface area (Å²) in [6.07, 6.45) is 4.28. The molecule has 2 aromatic carbocycles. The fraction of sp³-hybridized carbons (Fsp3) is 0.579. The smallest absolute Gasteiger partial charge is 0.412 e. The van der Waals surface area contributed by atoms with Gasteiger partial charge in [-0.25, -0.2) is 19.2 Å². The highest BCUT2D eigenvalue weighted by Crippen LogP contribution is 2.20. The molecule has 20 heteroatoms. The molecule has 0 aromatic heterocycles. The van der Waals surface area contributed by atoms with Gasteiger partial charge in [-0.2, -0.15) is 0 Å². The molecular formula is C38H55ClN6O13. The van der Waals surface area contributed by atoms with Gasteiger partial charge in [-0.15, -0.1) is 0 Å². The van der Waals surface area contributed by atoms with Gasteiger partial charge in [-0.1, -0.05) is 0 Å². The second-order valence-electron chi connectivity index (χ2n) is 15.2. The van der Waals surface area contributed by atoms with E-state index in [4.69, 9.17) is 36.3 Å². The van der Waals surface area contributed by atoms with Crippen LogP contribution in [0.5, 0.6) is 11.5 Å². The van der Waals surface area contributed by atoms with Crippen molar-refractivity contribution in [3.8, 4) is 11.5 Å². The third-order valence-corrected chi connectivity index (χ3v) is 8.07. The van der Waals surface area contributed by atoms with Gasteiger partial charge in [0.05, 0.1) is 9.85 Å². The molecule has 0 atom stereocenters. The molecule has 3 heterocycles. The van der Waals surface area contributed by atoms with Crippen LogP contribution >= 0.6 is 11.6 Å². The van der Waals surface area contributed by atoms with Crippen molar-refractivity contribution in [1.82, 2.24) is 15.1 Å². The van der Waals surface area contributed by atoms with Crippen LogP contribution in [0.1, 0.15) is 80.1 Å². The molecule has 3 amide bonds. The summed E-state index contributed by atoms with van der Waals surface area (Å²) in [6, 6.07) is 10.4. The summed E-state index contributed by atoms with van der Waals surface area (Å²) in [6.45, 7) is 15.5. The van der Waals surface area contributed by atoms with Crippen LogP contribution in [-0.2, 0) is 14.2 Å². The number of nitro benzene ring substituents is 2. The lowest BCUT2D eigenvalue weighted by molar-refractivity contribution is -0.385. The lowest BCUT2D eigenvalue weighted by atomic mass is 10.1. The van der Waals surface area contributed by atoms with E-state index in [1.807, 2.05) is 41.5 Å². The van der Waals surface area contributed by atoms with Crippen LogP contribution in [-0.4, -0.2) is 106 Å². The first-order valence-corrected chi connectivity index (χ1v) is 19.1. The highest BCUT2D eigenvalue weighted by molar-refractivity contribution is 6.61. The van der Waals surface area contributed by atoms with E-state index in [1.54, 1.807) is 9.80 Å². The summed E-state index contributed by atoms with van der Waals surface area (Å²) in [5.74, 6) is 0.393. The standard InChI is InChI=1S/C17H23N3O6.C10H20N2O2.C7H4ClNO4.C4H8O/c1-17(2,3)26-16(22)19-10-8-12(9-11-19)18-15(21)25-14-6-4-13(5-7-14)20(23)24;1-10(2,3)14-9(13)12-6-4-8(11)5-7-12;8-7(10)13-6-3-1-5(2-4-6)9(11)12;1-2-4-5-3-1/h4-7,12H,8-11H2,1-3H3,(H,18,21);8H,4-7,11H2,1-3H3;1-4H;1-4H2. The number of nitro groups is 2. The number of nitrogens with zero attached hydrogens (tertiary/aromatic N) is 4. The Kier molecular flexibility index (Phi) is 20.1. The van der Waals surface area contributed by atoms with E-state index in [0.717, 1.165) is 39.1 Å². The summed E-state index contributed by atoms with van der Waals surface area (Å²) in [4.78, 5) is 68.8. The van der Waals surface area contributed by atoms with E-state index < -0.39 is 32.6 Å². The molecule has 3 saturated heterocycles. The predicted molar refractivity (Wildman–Crippen MR) is 213 cm³/mol. The number of nitrogens with two attached hydrogens (primary N) is 1. The normalized spacial score (nSPS) is 15.7. The molecule has 322 valence electrons. The minimum atomic E-state index is -0.978. The van der Waals surface area contributed by atoms with Crippen molar-refractivity contribution in [3.63, 3.8) is 0 Å². The van der Waals surface area contributed by atoms with E-state index in [1.165, 1.54) is 61.4 Å². The fourth-order valence-electron chi connectivity index (χ4n) is 5.12. The molecule has 0 unspecified atom stereocenters. The Morgan fingerprint density at radius 2 is 1.09 bits per heavy atom. The Bertz CT molecular complexity index is 1620. The number of carbonyl (C=O) groups excluding carboxylic acids is 4. The summed E-state index contributed by atoms with van der Waals surface area (Å²) in [5, 5.41) is 23.5. The number of likely N-dealkylation sites (tertiary alicyclic amines) is 2. The van der Waals surface area contributed by atoms with Crippen LogP contribution in [0.3, 0.4) is 0 Å². The Morgan fingerprint density at radius 3 is 1.41 bits per heavy atom. The van der Waals surface area contributed by atoms with Gasteiger partial charge in [0.25, 0.3) is 11.4 Å². The molecule has 58 heavy (non-hydrogen) atoms. The monoisotopic (exact) mass is 838 g/mol. The number of halogens is 1. The number of amides is 3. The van der Waals surface area contributed by atoms with Gasteiger partial charge in [0.15, 0.2) is 0 Å².